The summed E-state index contributed by atoms with van der Waals surface area (Å²) in [7, 11) is 0. The number of aryl methyl sites for hydroxylation is 4. The Balaban J connectivity index is 1.03. The second-order valence-electron chi connectivity index (χ2n) is 21.4. The molecule has 14 aromatic rings. The van der Waals surface area contributed by atoms with Crippen molar-refractivity contribution in [3.8, 4) is 96.1 Å². The molecule has 11 aromatic carbocycles. The van der Waals surface area contributed by atoms with Gasteiger partial charge in [-0.15, -0.1) is 0 Å². The highest BCUT2D eigenvalue weighted by Crippen LogP contribution is 2.43. The van der Waals surface area contributed by atoms with Crippen LogP contribution in [0.4, 0.5) is 5.69 Å². The number of hydrogen-bond donors (Lipinski definition) is 0. The number of fused-ring (bicyclic) bond motifs is 6. The third kappa shape index (κ3) is 8.75. The first-order valence-electron chi connectivity index (χ1n) is 27.5. The number of hydrogen-bond acceptors (Lipinski definition) is 4. The Morgan fingerprint density at radius 2 is 0.780 bits per heavy atom. The van der Waals surface area contributed by atoms with Gasteiger partial charge in [-0.25, -0.2) is 19.8 Å². The van der Waals surface area contributed by atoms with Crippen molar-refractivity contribution in [2.24, 2.45) is 0 Å². The average molecular weight is 1050 g/mol. The number of aromatic nitrogens is 5. The molecule has 0 aliphatic rings. The smallest absolute Gasteiger partial charge is 0.188 e. The predicted octanol–water partition coefficient (Wildman–Crippen LogP) is 19.4. The van der Waals surface area contributed by atoms with E-state index in [9.17, 15) is 5.26 Å². The molecule has 0 fully saturated rings. The van der Waals surface area contributed by atoms with Gasteiger partial charge >= 0.3 is 0 Å². The number of nitriles is 1. The number of rotatable bonds is 9. The minimum absolute atomic E-state index is 0.377. The lowest BCUT2D eigenvalue weighted by atomic mass is 9.99. The molecule has 7 heteroatoms. The fourth-order valence-electron chi connectivity index (χ4n) is 11.7. The molecule has 0 unspecified atom stereocenters. The van der Waals surface area contributed by atoms with Crippen LogP contribution in [-0.2, 0) is 0 Å². The van der Waals surface area contributed by atoms with E-state index >= 15 is 0 Å². The van der Waals surface area contributed by atoms with Crippen molar-refractivity contribution in [2.75, 3.05) is 0 Å². The SMILES string of the molecule is [C-]#[N+]c1ccc(-n2c3ccc(-c4ccc(C)cc4)cc3c3cc(-c4ccc(C)cc4)ccc32)c(-c2nc(-c3ccccc3)nc(-c3cc(C#N)ccc3-n3c4cc(-c5cccc(C)c5)ccc4c4ccc(-c5cccc(C)c5)cc43)n2)c1. The normalized spacial score (nSPS) is 11.4. The molecule has 0 N–H and O–H groups in total. The van der Waals surface area contributed by atoms with Gasteiger partial charge in [-0.3, -0.25) is 0 Å². The van der Waals surface area contributed by atoms with Crippen LogP contribution in [0.3, 0.4) is 0 Å². The van der Waals surface area contributed by atoms with E-state index in [4.69, 9.17) is 21.5 Å². The summed E-state index contributed by atoms with van der Waals surface area (Å²) in [5.41, 5.74) is 22.2. The van der Waals surface area contributed by atoms with Crippen molar-refractivity contribution in [3.63, 3.8) is 0 Å². The van der Waals surface area contributed by atoms with Crippen LogP contribution < -0.4 is 0 Å². The third-order valence-electron chi connectivity index (χ3n) is 15.9. The minimum Gasteiger partial charge on any atom is -0.309 e. The van der Waals surface area contributed by atoms with Crippen LogP contribution in [0.2, 0.25) is 0 Å². The Hall–Kier alpha value is -11.0. The summed E-state index contributed by atoms with van der Waals surface area (Å²) in [6, 6.07) is 85.3. The molecule has 0 aliphatic heterocycles. The molecule has 0 bridgehead atoms. The molecule has 386 valence electrons. The van der Waals surface area contributed by atoms with E-state index in [-0.39, 0.29) is 0 Å². The summed E-state index contributed by atoms with van der Waals surface area (Å²) < 4.78 is 4.60. The Bertz CT molecular complexity index is 4770. The standard InChI is InChI=1S/C75H51N7/c1-46-17-22-51(23-18-46)56-28-34-67-63(40-56)64-41-57(52-24-19-47(2)20-25-52)29-35-68(64)81(67)70-36-30-60(77-5)44-66(70)75-79-73(53-13-7-6-8-14-53)78-74(80-75)65-39-50(45-76)21-33-69(65)82-71-42-58(54-15-9-11-48(3)37-54)26-31-61(71)62-32-27-59(43-72(62)82)55-16-10-12-49(4)38-55/h6-44H,1-4H3. The van der Waals surface area contributed by atoms with Gasteiger partial charge < -0.3 is 9.13 Å². The molecular weight excluding hydrogens is 999 g/mol. The quantitative estimate of drug-likeness (QED) is 0.135. The van der Waals surface area contributed by atoms with Gasteiger partial charge in [-0.05, 0) is 139 Å². The van der Waals surface area contributed by atoms with Crippen LogP contribution in [0.1, 0.15) is 27.8 Å². The van der Waals surface area contributed by atoms with Gasteiger partial charge in [0, 0.05) is 38.2 Å². The summed E-state index contributed by atoms with van der Waals surface area (Å²) in [5.74, 6) is 1.21. The van der Waals surface area contributed by atoms with Gasteiger partial charge in [-0.2, -0.15) is 5.26 Å². The lowest BCUT2D eigenvalue weighted by Gasteiger charge is -2.17. The first-order chi connectivity index (χ1) is 40.1. The molecule has 3 heterocycles. The number of nitrogens with zero attached hydrogens (tertiary/aromatic N) is 7. The van der Waals surface area contributed by atoms with E-state index in [1.807, 2.05) is 66.7 Å². The van der Waals surface area contributed by atoms with Crippen LogP contribution in [-0.4, -0.2) is 24.1 Å². The van der Waals surface area contributed by atoms with Crippen molar-refractivity contribution < 1.29 is 0 Å². The first kappa shape index (κ1) is 49.3. The second kappa shape index (κ2) is 20.0. The van der Waals surface area contributed by atoms with Gasteiger partial charge in [0.05, 0.1) is 51.6 Å². The van der Waals surface area contributed by atoms with E-state index in [0.29, 0.717) is 39.9 Å². The van der Waals surface area contributed by atoms with Gasteiger partial charge in [0.25, 0.3) is 0 Å². The fraction of sp³-hybridized carbons (Fsp3) is 0.0533. The summed E-state index contributed by atoms with van der Waals surface area (Å²) in [4.78, 5) is 20.2. The van der Waals surface area contributed by atoms with E-state index in [1.165, 1.54) is 22.3 Å². The first-order valence-corrected chi connectivity index (χ1v) is 27.5. The van der Waals surface area contributed by atoms with Gasteiger partial charge in [0.1, 0.15) is 0 Å². The van der Waals surface area contributed by atoms with E-state index in [1.54, 1.807) is 0 Å². The van der Waals surface area contributed by atoms with E-state index in [0.717, 1.165) is 105 Å². The van der Waals surface area contributed by atoms with Crippen molar-refractivity contribution in [1.82, 2.24) is 24.1 Å². The van der Waals surface area contributed by atoms with Crippen LogP contribution in [0, 0.1) is 45.6 Å². The molecule has 82 heavy (non-hydrogen) atoms. The highest BCUT2D eigenvalue weighted by molar-refractivity contribution is 6.13. The molecule has 0 saturated carbocycles. The van der Waals surface area contributed by atoms with E-state index in [2.05, 4.69) is 218 Å². The summed E-state index contributed by atoms with van der Waals surface area (Å²) in [6.45, 7) is 16.8. The molecular formula is C75H51N7. The monoisotopic (exact) mass is 1050 g/mol. The Morgan fingerprint density at radius 1 is 0.341 bits per heavy atom. The Kier molecular flexibility index (Phi) is 12.0. The molecule has 0 atom stereocenters. The molecule has 0 spiro atoms. The van der Waals surface area contributed by atoms with Crippen molar-refractivity contribution in [1.29, 1.82) is 5.26 Å². The van der Waals surface area contributed by atoms with Crippen LogP contribution in [0.5, 0.6) is 0 Å². The number of benzene rings is 11. The van der Waals surface area contributed by atoms with E-state index < -0.39 is 0 Å². The van der Waals surface area contributed by atoms with Gasteiger partial charge in [0.2, 0.25) is 0 Å². The summed E-state index contributed by atoms with van der Waals surface area (Å²) in [6.07, 6.45) is 0. The summed E-state index contributed by atoms with van der Waals surface area (Å²) >= 11 is 0. The molecule has 0 aliphatic carbocycles. The molecule has 3 aromatic heterocycles. The van der Waals surface area contributed by atoms with Crippen LogP contribution in [0.15, 0.2) is 237 Å². The molecule has 0 radical (unpaired) electrons. The maximum Gasteiger partial charge on any atom is 0.188 e. The highest BCUT2D eigenvalue weighted by Gasteiger charge is 2.24. The third-order valence-corrected chi connectivity index (χ3v) is 15.9. The fourth-order valence-corrected chi connectivity index (χ4v) is 11.7. The summed E-state index contributed by atoms with van der Waals surface area (Å²) in [5, 5.41) is 15.1. The lowest BCUT2D eigenvalue weighted by molar-refractivity contribution is 1.06. The predicted molar refractivity (Wildman–Crippen MR) is 336 cm³/mol. The topological polar surface area (TPSA) is 76.7 Å². The van der Waals surface area contributed by atoms with Crippen LogP contribution in [0.25, 0.3) is 139 Å². The maximum atomic E-state index is 10.7. The zero-order valence-corrected chi connectivity index (χ0v) is 45.6. The molecule has 7 nitrogen and oxygen atoms in total. The largest absolute Gasteiger partial charge is 0.309 e. The molecule has 0 saturated heterocycles. The van der Waals surface area contributed by atoms with Gasteiger partial charge in [-0.1, -0.05) is 192 Å². The highest BCUT2D eigenvalue weighted by atomic mass is 15.1. The van der Waals surface area contributed by atoms with Crippen molar-refractivity contribution >= 4 is 49.3 Å². The van der Waals surface area contributed by atoms with Gasteiger partial charge in [0.15, 0.2) is 23.2 Å². The lowest BCUT2D eigenvalue weighted by Crippen LogP contribution is -2.06. The van der Waals surface area contributed by atoms with Crippen LogP contribution >= 0.6 is 0 Å². The molecule has 14 rings (SSSR count). The zero-order valence-electron chi connectivity index (χ0n) is 45.6. The Morgan fingerprint density at radius 3 is 1.29 bits per heavy atom. The van der Waals surface area contributed by atoms with Crippen molar-refractivity contribution in [2.45, 2.75) is 27.7 Å². The molecule has 0 amide bonds. The second-order valence-corrected chi connectivity index (χ2v) is 21.4. The minimum atomic E-state index is 0.377. The maximum absolute atomic E-state index is 10.7. The van der Waals surface area contributed by atoms with Crippen molar-refractivity contribution in [3.05, 3.63) is 276 Å². The zero-order chi connectivity index (χ0) is 55.6. The Labute approximate surface area is 475 Å². The average Bonchev–Trinajstić information content (AvgIpc) is 4.24.